The number of nitrogens with zero attached hydrogens (tertiary/aromatic N) is 2. The van der Waals surface area contributed by atoms with Gasteiger partial charge in [0.2, 0.25) is 5.91 Å². The second kappa shape index (κ2) is 7.44. The van der Waals surface area contributed by atoms with Crippen molar-refractivity contribution < 1.29 is 9.59 Å². The maximum Gasteiger partial charge on any atom is 0.255 e. The Morgan fingerprint density at radius 1 is 1.03 bits per heavy atom. The van der Waals surface area contributed by atoms with Crippen LogP contribution in [0, 0.1) is 5.92 Å². The molecule has 4 aromatic rings. The zero-order valence-corrected chi connectivity index (χ0v) is 16.1. The van der Waals surface area contributed by atoms with Gasteiger partial charge in [0.15, 0.2) is 0 Å². The number of fused-ring (bicyclic) bond motifs is 1. The van der Waals surface area contributed by atoms with Gasteiger partial charge in [0, 0.05) is 46.5 Å². The van der Waals surface area contributed by atoms with E-state index in [4.69, 9.17) is 0 Å². The maximum atomic E-state index is 12.7. The molecule has 7 nitrogen and oxygen atoms in total. The van der Waals surface area contributed by atoms with Crippen LogP contribution in [0.2, 0.25) is 0 Å². The number of benzene rings is 1. The van der Waals surface area contributed by atoms with E-state index in [1.807, 2.05) is 36.5 Å². The lowest BCUT2D eigenvalue weighted by Crippen LogP contribution is -2.16. The lowest BCUT2D eigenvalue weighted by molar-refractivity contribution is -0.117. The van der Waals surface area contributed by atoms with Gasteiger partial charge in [-0.05, 0) is 48.7 Å². The van der Waals surface area contributed by atoms with Crippen molar-refractivity contribution in [2.75, 3.05) is 10.6 Å². The van der Waals surface area contributed by atoms with Gasteiger partial charge in [0.25, 0.3) is 5.91 Å². The molecule has 30 heavy (non-hydrogen) atoms. The smallest absolute Gasteiger partial charge is 0.255 e. The third kappa shape index (κ3) is 3.65. The van der Waals surface area contributed by atoms with Crippen molar-refractivity contribution in [1.82, 2.24) is 15.0 Å². The standard InChI is InChI=1S/C23H19N5O2/c29-22(14-4-5-14)28-21-11-15(6-8-26-21)23(30)27-17-10-16(12-24-13-17)18-2-1-3-20-19(18)7-9-25-20/h1-3,6-14,25H,4-5H2,(H,27,30)(H,26,28,29). The van der Waals surface area contributed by atoms with Crippen molar-refractivity contribution in [3.8, 4) is 11.1 Å². The minimum absolute atomic E-state index is 0.0455. The van der Waals surface area contributed by atoms with Crippen LogP contribution in [0.3, 0.4) is 0 Å². The Kier molecular flexibility index (Phi) is 4.48. The average Bonchev–Trinajstić information content (AvgIpc) is 3.51. The number of pyridine rings is 2. The Labute approximate surface area is 172 Å². The fourth-order valence-corrected chi connectivity index (χ4v) is 3.41. The summed E-state index contributed by atoms with van der Waals surface area (Å²) in [5.74, 6) is 0.113. The number of rotatable bonds is 5. The summed E-state index contributed by atoms with van der Waals surface area (Å²) < 4.78 is 0. The molecule has 1 fully saturated rings. The van der Waals surface area contributed by atoms with Gasteiger partial charge in [-0.15, -0.1) is 0 Å². The lowest BCUT2D eigenvalue weighted by atomic mass is 10.0. The first kappa shape index (κ1) is 18.1. The Hall–Kier alpha value is -4.00. The third-order valence-electron chi connectivity index (χ3n) is 5.12. The Morgan fingerprint density at radius 2 is 1.93 bits per heavy atom. The predicted molar refractivity (Wildman–Crippen MR) is 115 cm³/mol. The summed E-state index contributed by atoms with van der Waals surface area (Å²) in [5, 5.41) is 6.73. The van der Waals surface area contributed by atoms with Gasteiger partial charge in [0.1, 0.15) is 5.82 Å². The van der Waals surface area contributed by atoms with Crippen molar-refractivity contribution in [3.05, 3.63) is 72.8 Å². The molecule has 1 aromatic carbocycles. The molecular weight excluding hydrogens is 378 g/mol. The Bertz CT molecular complexity index is 1260. The Morgan fingerprint density at radius 3 is 2.80 bits per heavy atom. The Balaban J connectivity index is 1.36. The van der Waals surface area contributed by atoms with Gasteiger partial charge in [-0.2, -0.15) is 0 Å². The van der Waals surface area contributed by atoms with Crippen LogP contribution in [-0.2, 0) is 4.79 Å². The summed E-state index contributed by atoms with van der Waals surface area (Å²) in [7, 11) is 0. The van der Waals surface area contributed by atoms with Gasteiger partial charge < -0.3 is 15.6 Å². The summed E-state index contributed by atoms with van der Waals surface area (Å²) in [6.45, 7) is 0. The van der Waals surface area contributed by atoms with Crippen LogP contribution in [-0.4, -0.2) is 26.8 Å². The minimum Gasteiger partial charge on any atom is -0.361 e. The number of nitrogens with one attached hydrogen (secondary N) is 3. The molecule has 0 atom stereocenters. The number of amides is 2. The van der Waals surface area contributed by atoms with E-state index in [9.17, 15) is 9.59 Å². The largest absolute Gasteiger partial charge is 0.361 e. The predicted octanol–water partition coefficient (Wildman–Crippen LogP) is 4.23. The van der Waals surface area contributed by atoms with E-state index in [0.29, 0.717) is 17.1 Å². The van der Waals surface area contributed by atoms with Crippen LogP contribution < -0.4 is 10.6 Å². The fourth-order valence-electron chi connectivity index (χ4n) is 3.41. The molecule has 3 heterocycles. The number of anilines is 2. The molecule has 0 radical (unpaired) electrons. The molecule has 2 amide bonds. The molecule has 148 valence electrons. The molecule has 0 saturated heterocycles. The maximum absolute atomic E-state index is 12.7. The van der Waals surface area contributed by atoms with Gasteiger partial charge in [-0.1, -0.05) is 12.1 Å². The quantitative estimate of drug-likeness (QED) is 0.469. The lowest BCUT2D eigenvalue weighted by Gasteiger charge is -2.09. The van der Waals surface area contributed by atoms with Gasteiger partial charge >= 0.3 is 0 Å². The highest BCUT2D eigenvalue weighted by Crippen LogP contribution is 2.30. The monoisotopic (exact) mass is 397 g/mol. The SMILES string of the molecule is O=C(Nc1cncc(-c2cccc3[nH]ccc23)c1)c1ccnc(NC(=O)C2CC2)c1. The number of aromatic amines is 1. The van der Waals surface area contributed by atoms with E-state index < -0.39 is 0 Å². The molecule has 0 unspecified atom stereocenters. The molecule has 0 spiro atoms. The highest BCUT2D eigenvalue weighted by atomic mass is 16.2. The molecule has 5 rings (SSSR count). The zero-order chi connectivity index (χ0) is 20.5. The van der Waals surface area contributed by atoms with E-state index in [-0.39, 0.29) is 17.7 Å². The van der Waals surface area contributed by atoms with E-state index in [1.54, 1.807) is 24.5 Å². The van der Waals surface area contributed by atoms with Crippen LogP contribution in [0.5, 0.6) is 0 Å². The molecule has 3 aromatic heterocycles. The molecule has 1 aliphatic rings. The molecule has 1 saturated carbocycles. The summed E-state index contributed by atoms with van der Waals surface area (Å²) in [5.41, 5.74) is 3.98. The third-order valence-corrected chi connectivity index (χ3v) is 5.12. The second-order valence-electron chi connectivity index (χ2n) is 7.35. The highest BCUT2D eigenvalue weighted by Gasteiger charge is 2.29. The van der Waals surface area contributed by atoms with Crippen molar-refractivity contribution in [1.29, 1.82) is 0 Å². The normalized spacial score (nSPS) is 13.2. The summed E-state index contributed by atoms with van der Waals surface area (Å²) in [6, 6.07) is 13.1. The van der Waals surface area contributed by atoms with Gasteiger partial charge in [0.05, 0.1) is 11.9 Å². The number of H-pyrrole nitrogens is 1. The molecule has 0 aliphatic heterocycles. The molecule has 7 heteroatoms. The van der Waals surface area contributed by atoms with Crippen LogP contribution in [0.4, 0.5) is 11.5 Å². The summed E-state index contributed by atoms with van der Waals surface area (Å²) in [4.78, 5) is 36.3. The number of aromatic nitrogens is 3. The van der Waals surface area contributed by atoms with E-state index in [2.05, 4.69) is 25.6 Å². The average molecular weight is 397 g/mol. The highest BCUT2D eigenvalue weighted by molar-refractivity contribution is 6.05. The molecule has 3 N–H and O–H groups in total. The first-order valence-electron chi connectivity index (χ1n) is 9.77. The second-order valence-corrected chi connectivity index (χ2v) is 7.35. The number of carbonyl (C=O) groups excluding carboxylic acids is 2. The van der Waals surface area contributed by atoms with E-state index >= 15 is 0 Å². The van der Waals surface area contributed by atoms with E-state index in [0.717, 1.165) is 34.9 Å². The van der Waals surface area contributed by atoms with Gasteiger partial charge in [-0.25, -0.2) is 4.98 Å². The number of hydrogen-bond acceptors (Lipinski definition) is 4. The van der Waals surface area contributed by atoms with Crippen LogP contribution in [0.25, 0.3) is 22.0 Å². The van der Waals surface area contributed by atoms with Crippen LogP contribution in [0.15, 0.2) is 67.3 Å². The topological polar surface area (TPSA) is 99.8 Å². The number of carbonyl (C=O) groups is 2. The minimum atomic E-state index is -0.293. The van der Waals surface area contributed by atoms with Crippen molar-refractivity contribution in [2.24, 2.45) is 5.92 Å². The van der Waals surface area contributed by atoms with E-state index in [1.165, 1.54) is 6.20 Å². The molecular formula is C23H19N5O2. The van der Waals surface area contributed by atoms with Crippen molar-refractivity contribution in [3.63, 3.8) is 0 Å². The summed E-state index contributed by atoms with van der Waals surface area (Å²) >= 11 is 0. The van der Waals surface area contributed by atoms with Gasteiger partial charge in [-0.3, -0.25) is 14.6 Å². The molecule has 1 aliphatic carbocycles. The fraction of sp³-hybridized carbons (Fsp3) is 0.130. The first-order chi connectivity index (χ1) is 14.7. The molecule has 0 bridgehead atoms. The summed E-state index contributed by atoms with van der Waals surface area (Å²) in [6.07, 6.45) is 8.61. The first-order valence-corrected chi connectivity index (χ1v) is 9.77. The zero-order valence-electron chi connectivity index (χ0n) is 16.1. The van der Waals surface area contributed by atoms with Crippen molar-refractivity contribution in [2.45, 2.75) is 12.8 Å². The number of hydrogen-bond donors (Lipinski definition) is 3. The van der Waals surface area contributed by atoms with Crippen LogP contribution >= 0.6 is 0 Å². The van der Waals surface area contributed by atoms with Crippen LogP contribution in [0.1, 0.15) is 23.2 Å². The van der Waals surface area contributed by atoms with Crippen molar-refractivity contribution >= 4 is 34.2 Å².